The van der Waals surface area contributed by atoms with E-state index in [-0.39, 0.29) is 24.3 Å². The highest BCUT2D eigenvalue weighted by molar-refractivity contribution is 5.88. The third kappa shape index (κ3) is 5.78. The quantitative estimate of drug-likeness (QED) is 0.550. The first kappa shape index (κ1) is 19.4. The van der Waals surface area contributed by atoms with Gasteiger partial charge in [-0.15, -0.1) is 0 Å². The fourth-order valence-electron chi connectivity index (χ4n) is 2.56. The van der Waals surface area contributed by atoms with Gasteiger partial charge in [0.2, 0.25) is 0 Å². The molecule has 0 N–H and O–H groups in total. The van der Waals surface area contributed by atoms with Crippen molar-refractivity contribution in [1.29, 1.82) is 0 Å². The largest absolute Gasteiger partial charge is 0.469 e. The molecule has 0 radical (unpaired) electrons. The van der Waals surface area contributed by atoms with Crippen LogP contribution in [0.2, 0.25) is 0 Å². The van der Waals surface area contributed by atoms with Gasteiger partial charge in [0.1, 0.15) is 5.60 Å². The lowest BCUT2D eigenvalue weighted by atomic mass is 9.90. The number of hydrogen-bond donors (Lipinski definition) is 0. The lowest BCUT2D eigenvalue weighted by molar-refractivity contribution is -0.145. The molecule has 0 bridgehead atoms. The molecular weight excluding hydrogens is 300 g/mol. The Hall–Kier alpha value is -1.69. The molecule has 1 aliphatic heterocycles. The van der Waals surface area contributed by atoms with E-state index in [1.165, 1.54) is 20.3 Å². The molecule has 1 fully saturated rings. The summed E-state index contributed by atoms with van der Waals surface area (Å²) in [6.07, 6.45) is 4.10. The van der Waals surface area contributed by atoms with Gasteiger partial charge in [0, 0.05) is 12.5 Å². The fourth-order valence-corrected chi connectivity index (χ4v) is 2.56. The van der Waals surface area contributed by atoms with Gasteiger partial charge in [-0.3, -0.25) is 9.59 Å². The summed E-state index contributed by atoms with van der Waals surface area (Å²) in [5.74, 6) is -0.853. The van der Waals surface area contributed by atoms with Gasteiger partial charge in [0.15, 0.2) is 5.78 Å². The summed E-state index contributed by atoms with van der Waals surface area (Å²) < 4.78 is 15.1. The molecular formula is C17H26O6. The maximum absolute atomic E-state index is 12.3. The van der Waals surface area contributed by atoms with Crippen molar-refractivity contribution >= 4 is 17.7 Å². The lowest BCUT2D eigenvalue weighted by Gasteiger charge is -2.27. The van der Waals surface area contributed by atoms with Gasteiger partial charge in [-0.25, -0.2) is 4.79 Å². The molecule has 1 unspecified atom stereocenters. The first-order valence-electron chi connectivity index (χ1n) is 7.85. The number of carbonyl (C=O) groups is 3. The summed E-state index contributed by atoms with van der Waals surface area (Å²) in [5.41, 5.74) is -0.112. The van der Waals surface area contributed by atoms with Gasteiger partial charge in [-0.1, -0.05) is 6.92 Å². The van der Waals surface area contributed by atoms with Crippen molar-refractivity contribution in [2.45, 2.75) is 51.6 Å². The lowest BCUT2D eigenvalue weighted by Crippen LogP contribution is -2.37. The highest BCUT2D eigenvalue weighted by Crippen LogP contribution is 2.28. The molecule has 2 atom stereocenters. The van der Waals surface area contributed by atoms with Gasteiger partial charge in [-0.2, -0.15) is 0 Å². The first-order chi connectivity index (χ1) is 10.8. The van der Waals surface area contributed by atoms with E-state index < -0.39 is 11.6 Å². The summed E-state index contributed by atoms with van der Waals surface area (Å²) in [6, 6.07) is 0. The number of ketones is 1. The molecule has 6 heteroatoms. The summed E-state index contributed by atoms with van der Waals surface area (Å²) in [7, 11) is 2.68. The van der Waals surface area contributed by atoms with Crippen LogP contribution in [-0.4, -0.2) is 44.1 Å². The summed E-state index contributed by atoms with van der Waals surface area (Å²) >= 11 is 0. The predicted molar refractivity (Wildman–Crippen MR) is 83.7 cm³/mol. The van der Waals surface area contributed by atoms with Crippen molar-refractivity contribution in [3.63, 3.8) is 0 Å². The molecule has 1 heterocycles. The predicted octanol–water partition coefficient (Wildman–Crippen LogP) is 2.20. The van der Waals surface area contributed by atoms with Crippen molar-refractivity contribution in [2.24, 2.45) is 5.92 Å². The van der Waals surface area contributed by atoms with E-state index in [0.29, 0.717) is 32.1 Å². The Kier molecular flexibility index (Phi) is 7.42. The van der Waals surface area contributed by atoms with Crippen LogP contribution in [0.25, 0.3) is 0 Å². The van der Waals surface area contributed by atoms with Gasteiger partial charge in [0.25, 0.3) is 0 Å². The zero-order valence-corrected chi connectivity index (χ0v) is 14.3. The first-order valence-corrected chi connectivity index (χ1v) is 7.85. The number of hydrogen-bond acceptors (Lipinski definition) is 6. The van der Waals surface area contributed by atoms with Crippen molar-refractivity contribution in [3.8, 4) is 0 Å². The maximum atomic E-state index is 12.3. The van der Waals surface area contributed by atoms with Crippen LogP contribution in [0.4, 0.5) is 0 Å². The number of ether oxygens (including phenoxy) is 3. The topological polar surface area (TPSA) is 78.9 Å². The molecule has 1 rings (SSSR count). The molecule has 6 nitrogen and oxygen atoms in total. The summed E-state index contributed by atoms with van der Waals surface area (Å²) in [5, 5.41) is 0. The maximum Gasteiger partial charge on any atom is 0.330 e. The Bertz CT molecular complexity index is 481. The van der Waals surface area contributed by atoms with Gasteiger partial charge in [-0.05, 0) is 38.2 Å². The van der Waals surface area contributed by atoms with Crippen LogP contribution in [-0.2, 0) is 28.6 Å². The van der Waals surface area contributed by atoms with Crippen LogP contribution < -0.4 is 0 Å². The smallest absolute Gasteiger partial charge is 0.330 e. The molecule has 0 aliphatic carbocycles. The average molecular weight is 326 g/mol. The van der Waals surface area contributed by atoms with E-state index in [9.17, 15) is 14.4 Å². The zero-order chi connectivity index (χ0) is 17.5. The number of carbonyl (C=O) groups excluding carboxylic acids is 3. The van der Waals surface area contributed by atoms with Crippen LogP contribution >= 0.6 is 0 Å². The highest BCUT2D eigenvalue weighted by Gasteiger charge is 2.35. The van der Waals surface area contributed by atoms with E-state index in [1.807, 2.05) is 0 Å². The van der Waals surface area contributed by atoms with Crippen molar-refractivity contribution in [3.05, 3.63) is 11.6 Å². The minimum atomic E-state index is -0.873. The molecule has 0 aromatic rings. The van der Waals surface area contributed by atoms with Crippen LogP contribution in [0.15, 0.2) is 11.6 Å². The minimum Gasteiger partial charge on any atom is -0.469 e. The molecule has 0 spiro atoms. The van der Waals surface area contributed by atoms with Gasteiger partial charge < -0.3 is 14.2 Å². The Labute approximate surface area is 137 Å². The number of methoxy groups -OCH3 is 2. The summed E-state index contributed by atoms with van der Waals surface area (Å²) in [6.45, 7) is 3.82. The van der Waals surface area contributed by atoms with Crippen LogP contribution in [0.3, 0.4) is 0 Å². The number of Topliss-reactive ketones (excluding diaryl/α,β-unsaturated/α-hetero) is 1. The molecule has 0 aromatic carbocycles. The second-order valence-electron chi connectivity index (χ2n) is 6.08. The monoisotopic (exact) mass is 326 g/mol. The molecule has 0 saturated carbocycles. The number of esters is 2. The molecule has 1 aliphatic rings. The van der Waals surface area contributed by atoms with Crippen molar-refractivity contribution in [1.82, 2.24) is 0 Å². The molecule has 1 saturated heterocycles. The SMILES string of the molecule is COC(=O)/C=C1\CCC(=O)[C@](C)(CCCC(C)C(=O)OC)OC1. The third-order valence-electron chi connectivity index (χ3n) is 4.26. The second-order valence-corrected chi connectivity index (χ2v) is 6.08. The zero-order valence-electron chi connectivity index (χ0n) is 14.3. The molecule has 0 aromatic heterocycles. The Morgan fingerprint density at radius 3 is 2.61 bits per heavy atom. The summed E-state index contributed by atoms with van der Waals surface area (Å²) in [4.78, 5) is 35.0. The second kappa shape index (κ2) is 8.82. The fraction of sp³-hybridized carbons (Fsp3) is 0.706. The van der Waals surface area contributed by atoms with E-state index in [0.717, 1.165) is 5.57 Å². The molecule has 130 valence electrons. The highest BCUT2D eigenvalue weighted by atomic mass is 16.5. The normalized spacial score (nSPS) is 24.9. The van der Waals surface area contributed by atoms with Gasteiger partial charge in [0.05, 0.1) is 26.7 Å². The van der Waals surface area contributed by atoms with Crippen LogP contribution in [0.5, 0.6) is 0 Å². The number of rotatable bonds is 6. The van der Waals surface area contributed by atoms with Crippen molar-refractivity contribution in [2.75, 3.05) is 20.8 Å². The molecule has 0 amide bonds. The van der Waals surface area contributed by atoms with Gasteiger partial charge >= 0.3 is 11.9 Å². The van der Waals surface area contributed by atoms with Crippen LogP contribution in [0.1, 0.15) is 46.0 Å². The minimum absolute atomic E-state index is 0.0245. The van der Waals surface area contributed by atoms with E-state index in [4.69, 9.17) is 9.47 Å². The van der Waals surface area contributed by atoms with Crippen LogP contribution in [0, 0.1) is 5.92 Å². The van der Waals surface area contributed by atoms with E-state index in [2.05, 4.69) is 4.74 Å². The third-order valence-corrected chi connectivity index (χ3v) is 4.26. The van der Waals surface area contributed by atoms with E-state index >= 15 is 0 Å². The Balaban J connectivity index is 2.60. The Morgan fingerprint density at radius 1 is 1.30 bits per heavy atom. The van der Waals surface area contributed by atoms with E-state index in [1.54, 1.807) is 13.8 Å². The molecule has 23 heavy (non-hydrogen) atoms. The standard InChI is InChI=1S/C17H26O6/c1-12(16(20)22-4)6-5-9-17(2)14(18)8-7-13(11-23-17)10-15(19)21-3/h10,12H,5-9,11H2,1-4H3/b13-10+/t12?,17-/m0/s1. The van der Waals surface area contributed by atoms with Crippen molar-refractivity contribution < 1.29 is 28.6 Å². The average Bonchev–Trinajstić information content (AvgIpc) is 2.67. The Morgan fingerprint density at radius 2 is 2.00 bits per heavy atom.